The lowest BCUT2D eigenvalue weighted by Gasteiger charge is -2.32. The maximum Gasteiger partial charge on any atom is 0.118 e. The number of hydrogen-bond donors (Lipinski definition) is 0. The number of aryl methyl sites for hydroxylation is 1. The zero-order valence-corrected chi connectivity index (χ0v) is 16.4. The highest BCUT2D eigenvalue weighted by atomic mass is 16.5. The molecule has 0 aliphatic carbocycles. The van der Waals surface area contributed by atoms with Gasteiger partial charge in [0, 0.05) is 39.1 Å². The Balaban J connectivity index is 1.38. The van der Waals surface area contributed by atoms with Crippen molar-refractivity contribution in [3.05, 3.63) is 77.4 Å². The topological polar surface area (TPSA) is 52.4 Å². The molecule has 146 valence electrons. The van der Waals surface area contributed by atoms with Gasteiger partial charge in [-0.3, -0.25) is 14.6 Å². The number of ether oxygens (including phenoxy) is 2. The summed E-state index contributed by atoms with van der Waals surface area (Å²) in [5, 5.41) is 4.25. The predicted octanol–water partition coefficient (Wildman–Crippen LogP) is 2.99. The Hall–Kier alpha value is -2.70. The molecule has 0 unspecified atom stereocenters. The van der Waals surface area contributed by atoms with Crippen molar-refractivity contribution in [3.8, 4) is 5.75 Å². The van der Waals surface area contributed by atoms with Crippen LogP contribution in [0.25, 0.3) is 0 Å². The van der Waals surface area contributed by atoms with Crippen LogP contribution in [0.5, 0.6) is 5.75 Å². The fraction of sp³-hybridized carbons (Fsp3) is 0.364. The molecule has 0 amide bonds. The summed E-state index contributed by atoms with van der Waals surface area (Å²) in [4.78, 5) is 7.09. The number of rotatable bonds is 6. The summed E-state index contributed by atoms with van der Waals surface area (Å²) in [6.07, 6.45) is 4.67. The molecule has 0 spiro atoms. The first-order valence-corrected chi connectivity index (χ1v) is 9.60. The largest absolute Gasteiger partial charge is 0.497 e. The number of nitrogens with zero attached hydrogens (tertiary/aromatic N) is 4. The monoisotopic (exact) mass is 378 g/mol. The number of hydrogen-bond acceptors (Lipinski definition) is 5. The molecule has 1 fully saturated rings. The maximum absolute atomic E-state index is 5.99. The third-order valence-electron chi connectivity index (χ3n) is 5.20. The van der Waals surface area contributed by atoms with E-state index in [4.69, 9.17) is 9.47 Å². The van der Waals surface area contributed by atoms with Crippen molar-refractivity contribution >= 4 is 0 Å². The molecule has 1 atom stereocenters. The van der Waals surface area contributed by atoms with Crippen molar-refractivity contribution in [3.63, 3.8) is 0 Å². The molecule has 0 saturated carbocycles. The highest BCUT2D eigenvalue weighted by Crippen LogP contribution is 2.22. The smallest absolute Gasteiger partial charge is 0.118 e. The summed E-state index contributed by atoms with van der Waals surface area (Å²) in [5.74, 6) is 0.877. The molecule has 0 radical (unpaired) electrons. The van der Waals surface area contributed by atoms with Crippen LogP contribution in [0.4, 0.5) is 0 Å². The molecule has 6 nitrogen and oxygen atoms in total. The molecule has 28 heavy (non-hydrogen) atoms. The Bertz CT molecular complexity index is 890. The van der Waals surface area contributed by atoms with E-state index in [1.54, 1.807) is 7.11 Å². The third kappa shape index (κ3) is 4.40. The van der Waals surface area contributed by atoms with Crippen LogP contribution in [0.3, 0.4) is 0 Å². The Morgan fingerprint density at radius 3 is 2.61 bits per heavy atom. The van der Waals surface area contributed by atoms with Gasteiger partial charge in [0.15, 0.2) is 0 Å². The van der Waals surface area contributed by atoms with Crippen LogP contribution in [-0.4, -0.2) is 46.5 Å². The van der Waals surface area contributed by atoms with Gasteiger partial charge >= 0.3 is 0 Å². The van der Waals surface area contributed by atoms with Crippen LogP contribution >= 0.6 is 0 Å². The van der Waals surface area contributed by atoms with Gasteiger partial charge in [-0.2, -0.15) is 5.10 Å². The Morgan fingerprint density at radius 1 is 1.11 bits per heavy atom. The quantitative estimate of drug-likeness (QED) is 0.660. The van der Waals surface area contributed by atoms with E-state index in [2.05, 4.69) is 45.3 Å². The van der Waals surface area contributed by atoms with Crippen molar-refractivity contribution in [2.45, 2.75) is 19.1 Å². The standard InChI is InChI=1S/C22H26N4O2/c1-25-19(9-10-24-25)15-26-11-12-28-22(16-26)21-8-5-18(14-23-21)13-17-3-6-20(27-2)7-4-17/h3-10,14,22H,11-13,15-16H2,1-2H3/t22-/m1/s1. The fourth-order valence-corrected chi connectivity index (χ4v) is 3.52. The normalized spacial score (nSPS) is 17.6. The summed E-state index contributed by atoms with van der Waals surface area (Å²) in [6.45, 7) is 3.37. The van der Waals surface area contributed by atoms with E-state index < -0.39 is 0 Å². The van der Waals surface area contributed by atoms with Gasteiger partial charge in [-0.05, 0) is 41.8 Å². The minimum atomic E-state index is 0.0111. The predicted molar refractivity (Wildman–Crippen MR) is 107 cm³/mol. The molecule has 1 saturated heterocycles. The Morgan fingerprint density at radius 2 is 1.93 bits per heavy atom. The Labute approximate surface area is 165 Å². The Kier molecular flexibility index (Phi) is 5.69. The van der Waals surface area contributed by atoms with Crippen LogP contribution in [0, 0.1) is 0 Å². The lowest BCUT2D eigenvalue weighted by atomic mass is 10.1. The molecular formula is C22H26N4O2. The third-order valence-corrected chi connectivity index (χ3v) is 5.20. The first-order valence-electron chi connectivity index (χ1n) is 9.60. The molecule has 1 aliphatic heterocycles. The van der Waals surface area contributed by atoms with Crippen molar-refractivity contribution in [2.24, 2.45) is 7.05 Å². The summed E-state index contributed by atoms with van der Waals surface area (Å²) >= 11 is 0. The zero-order valence-electron chi connectivity index (χ0n) is 16.4. The first-order chi connectivity index (χ1) is 13.7. The van der Waals surface area contributed by atoms with Gasteiger partial charge in [0.1, 0.15) is 11.9 Å². The highest BCUT2D eigenvalue weighted by Gasteiger charge is 2.23. The van der Waals surface area contributed by atoms with Gasteiger partial charge in [-0.15, -0.1) is 0 Å². The molecular weight excluding hydrogens is 352 g/mol. The lowest BCUT2D eigenvalue weighted by molar-refractivity contribution is -0.0356. The number of pyridine rings is 1. The van der Waals surface area contributed by atoms with E-state index in [0.717, 1.165) is 44.1 Å². The van der Waals surface area contributed by atoms with Gasteiger partial charge in [0.25, 0.3) is 0 Å². The molecule has 3 aromatic rings. The molecule has 0 bridgehead atoms. The summed E-state index contributed by atoms with van der Waals surface area (Å²) < 4.78 is 13.1. The molecule has 3 heterocycles. The summed E-state index contributed by atoms with van der Waals surface area (Å²) in [7, 11) is 3.67. The second kappa shape index (κ2) is 8.54. The van der Waals surface area contributed by atoms with Crippen LogP contribution in [0.1, 0.15) is 28.6 Å². The van der Waals surface area contributed by atoms with Crippen LogP contribution in [-0.2, 0) is 24.8 Å². The van der Waals surface area contributed by atoms with Crippen molar-refractivity contribution in [2.75, 3.05) is 26.8 Å². The van der Waals surface area contributed by atoms with Crippen LogP contribution in [0.2, 0.25) is 0 Å². The van der Waals surface area contributed by atoms with E-state index in [1.165, 1.54) is 16.8 Å². The van der Waals surface area contributed by atoms with Crippen molar-refractivity contribution in [1.29, 1.82) is 0 Å². The van der Waals surface area contributed by atoms with E-state index in [-0.39, 0.29) is 6.10 Å². The fourth-order valence-electron chi connectivity index (χ4n) is 3.52. The first kappa shape index (κ1) is 18.7. The van der Waals surface area contributed by atoms with Crippen LogP contribution in [0.15, 0.2) is 54.9 Å². The molecule has 1 aromatic carbocycles. The highest BCUT2D eigenvalue weighted by molar-refractivity contribution is 5.31. The minimum absolute atomic E-state index is 0.0111. The maximum atomic E-state index is 5.99. The second-order valence-corrected chi connectivity index (χ2v) is 7.16. The van der Waals surface area contributed by atoms with E-state index >= 15 is 0 Å². The van der Waals surface area contributed by atoms with Crippen molar-refractivity contribution in [1.82, 2.24) is 19.7 Å². The van der Waals surface area contributed by atoms with Gasteiger partial charge < -0.3 is 9.47 Å². The molecule has 6 heteroatoms. The van der Waals surface area contributed by atoms with Gasteiger partial charge in [0.2, 0.25) is 0 Å². The lowest BCUT2D eigenvalue weighted by Crippen LogP contribution is -2.38. The van der Waals surface area contributed by atoms with Gasteiger partial charge in [-0.1, -0.05) is 18.2 Å². The van der Waals surface area contributed by atoms with Crippen molar-refractivity contribution < 1.29 is 9.47 Å². The van der Waals surface area contributed by atoms with Gasteiger partial charge in [-0.25, -0.2) is 0 Å². The van der Waals surface area contributed by atoms with E-state index in [1.807, 2.05) is 36.3 Å². The summed E-state index contributed by atoms with van der Waals surface area (Å²) in [5.41, 5.74) is 4.64. The average Bonchev–Trinajstić information content (AvgIpc) is 3.14. The minimum Gasteiger partial charge on any atom is -0.497 e. The second-order valence-electron chi connectivity index (χ2n) is 7.16. The SMILES string of the molecule is COc1ccc(Cc2ccc([C@H]3CN(Cc4ccnn4C)CCO3)nc2)cc1. The zero-order chi connectivity index (χ0) is 19.3. The van der Waals surface area contributed by atoms with E-state index in [9.17, 15) is 0 Å². The number of morpholine rings is 1. The van der Waals surface area contributed by atoms with E-state index in [0.29, 0.717) is 0 Å². The molecule has 2 aromatic heterocycles. The number of benzene rings is 1. The number of methoxy groups -OCH3 is 1. The number of aromatic nitrogens is 3. The average molecular weight is 378 g/mol. The molecule has 1 aliphatic rings. The molecule has 0 N–H and O–H groups in total. The molecule has 4 rings (SSSR count). The van der Waals surface area contributed by atoms with Gasteiger partial charge in [0.05, 0.1) is 25.1 Å². The summed E-state index contributed by atoms with van der Waals surface area (Å²) in [6, 6.07) is 14.5. The van der Waals surface area contributed by atoms with Crippen LogP contribution < -0.4 is 4.74 Å².